The molecule has 3 nitrogen and oxygen atoms in total. The van der Waals surface area contributed by atoms with Crippen LogP contribution in [-0.4, -0.2) is 8.42 Å². The number of nitrogens with one attached hydrogen (secondary N) is 1. The quantitative estimate of drug-likeness (QED) is 0.782. The maximum Gasteiger partial charge on any atom is 0.242 e. The Hall–Kier alpha value is -0.760. The number of rotatable bonds is 4. The predicted octanol–water partition coefficient (Wildman–Crippen LogP) is 4.14. The van der Waals surface area contributed by atoms with Gasteiger partial charge >= 0.3 is 0 Å². The van der Waals surface area contributed by atoms with Crippen LogP contribution in [0.5, 0.6) is 0 Å². The van der Waals surface area contributed by atoms with Crippen molar-refractivity contribution in [2.24, 2.45) is 0 Å². The van der Waals surface area contributed by atoms with Crippen molar-refractivity contribution >= 4 is 41.9 Å². The molecular weight excluding hydrogens is 425 g/mol. The van der Waals surface area contributed by atoms with E-state index in [-0.39, 0.29) is 17.3 Å². The van der Waals surface area contributed by atoms with E-state index in [0.717, 1.165) is 0 Å². The second-order valence-corrected chi connectivity index (χ2v) is 7.99. The van der Waals surface area contributed by atoms with Crippen molar-refractivity contribution in [1.82, 2.24) is 4.72 Å². The van der Waals surface area contributed by atoms with Crippen molar-refractivity contribution in [3.8, 4) is 0 Å². The standard InChI is InChI=1S/C14H12Br2FNO2S/c1-9-2-3-10(6-13(9)17)8-18-21(19,20)14-7-11(15)4-5-12(14)16/h2-7,18H,8H2,1H3. The molecule has 0 saturated heterocycles. The minimum absolute atomic E-state index is 0.0263. The van der Waals surface area contributed by atoms with E-state index < -0.39 is 10.0 Å². The van der Waals surface area contributed by atoms with Crippen LogP contribution in [0.2, 0.25) is 0 Å². The fourth-order valence-electron chi connectivity index (χ4n) is 1.69. The van der Waals surface area contributed by atoms with E-state index >= 15 is 0 Å². The third-order valence-corrected chi connectivity index (χ3v) is 5.77. The predicted molar refractivity (Wildman–Crippen MR) is 87.0 cm³/mol. The Morgan fingerprint density at radius 2 is 1.86 bits per heavy atom. The molecule has 0 spiro atoms. The van der Waals surface area contributed by atoms with Gasteiger partial charge in [0.05, 0.1) is 4.90 Å². The van der Waals surface area contributed by atoms with Crippen LogP contribution in [0.15, 0.2) is 50.2 Å². The lowest BCUT2D eigenvalue weighted by molar-refractivity contribution is 0.579. The monoisotopic (exact) mass is 435 g/mol. The number of halogens is 3. The summed E-state index contributed by atoms with van der Waals surface area (Å²) in [6, 6.07) is 9.52. The number of aryl methyl sites for hydroxylation is 1. The lowest BCUT2D eigenvalue weighted by atomic mass is 10.1. The van der Waals surface area contributed by atoms with Gasteiger partial charge in [0.2, 0.25) is 10.0 Å². The normalized spacial score (nSPS) is 11.6. The fraction of sp³-hybridized carbons (Fsp3) is 0.143. The van der Waals surface area contributed by atoms with Crippen LogP contribution in [0.25, 0.3) is 0 Å². The summed E-state index contributed by atoms with van der Waals surface area (Å²) in [5.41, 5.74) is 1.09. The maximum absolute atomic E-state index is 13.4. The number of hydrogen-bond acceptors (Lipinski definition) is 2. The van der Waals surface area contributed by atoms with Crippen LogP contribution < -0.4 is 4.72 Å². The molecule has 21 heavy (non-hydrogen) atoms. The van der Waals surface area contributed by atoms with E-state index in [1.165, 1.54) is 12.1 Å². The van der Waals surface area contributed by atoms with Crippen molar-refractivity contribution in [3.63, 3.8) is 0 Å². The highest BCUT2D eigenvalue weighted by Crippen LogP contribution is 2.25. The molecular formula is C14H12Br2FNO2S. The summed E-state index contributed by atoms with van der Waals surface area (Å²) in [4.78, 5) is 0.129. The Bertz CT molecular complexity index is 779. The third kappa shape index (κ3) is 4.12. The molecule has 0 amide bonds. The van der Waals surface area contributed by atoms with E-state index in [2.05, 4.69) is 36.6 Å². The summed E-state index contributed by atoms with van der Waals surface area (Å²) >= 11 is 6.45. The molecule has 0 aliphatic carbocycles. The molecule has 0 radical (unpaired) electrons. The second-order valence-electron chi connectivity index (χ2n) is 4.48. The molecule has 0 aliphatic heterocycles. The van der Waals surface area contributed by atoms with E-state index in [0.29, 0.717) is 20.1 Å². The third-order valence-electron chi connectivity index (χ3n) is 2.89. The zero-order valence-corrected chi connectivity index (χ0v) is 15.0. The van der Waals surface area contributed by atoms with Crippen LogP contribution in [0.3, 0.4) is 0 Å². The summed E-state index contributed by atoms with van der Waals surface area (Å²) in [6.45, 7) is 1.68. The van der Waals surface area contributed by atoms with Crippen molar-refractivity contribution < 1.29 is 12.8 Å². The van der Waals surface area contributed by atoms with Gasteiger partial charge in [-0.25, -0.2) is 17.5 Å². The lowest BCUT2D eigenvalue weighted by Gasteiger charge is -2.09. The summed E-state index contributed by atoms with van der Waals surface area (Å²) in [6.07, 6.45) is 0. The van der Waals surface area contributed by atoms with E-state index in [4.69, 9.17) is 0 Å². The zero-order valence-electron chi connectivity index (χ0n) is 11.0. The van der Waals surface area contributed by atoms with E-state index in [1.54, 1.807) is 31.2 Å². The first-order valence-electron chi connectivity index (χ1n) is 5.99. The molecule has 0 aromatic heterocycles. The highest BCUT2D eigenvalue weighted by Gasteiger charge is 2.17. The van der Waals surface area contributed by atoms with Crippen LogP contribution in [0.4, 0.5) is 4.39 Å². The van der Waals surface area contributed by atoms with Gasteiger partial charge in [0.15, 0.2) is 0 Å². The van der Waals surface area contributed by atoms with Crippen molar-refractivity contribution in [2.45, 2.75) is 18.4 Å². The van der Waals surface area contributed by atoms with Gasteiger partial charge in [0.25, 0.3) is 0 Å². The van der Waals surface area contributed by atoms with Gasteiger partial charge in [0, 0.05) is 15.5 Å². The zero-order chi connectivity index (χ0) is 15.6. The molecule has 112 valence electrons. The summed E-state index contributed by atoms with van der Waals surface area (Å²) in [5.74, 6) is -0.352. The molecule has 0 fully saturated rings. The molecule has 2 aromatic rings. The summed E-state index contributed by atoms with van der Waals surface area (Å²) in [7, 11) is -3.68. The Morgan fingerprint density at radius 1 is 1.14 bits per heavy atom. The second kappa shape index (κ2) is 6.56. The van der Waals surface area contributed by atoms with Crippen molar-refractivity contribution in [2.75, 3.05) is 0 Å². The molecule has 0 atom stereocenters. The average molecular weight is 437 g/mol. The first kappa shape index (κ1) is 16.6. The smallest absolute Gasteiger partial charge is 0.207 e. The van der Waals surface area contributed by atoms with Crippen LogP contribution >= 0.6 is 31.9 Å². The summed E-state index contributed by atoms with van der Waals surface area (Å²) < 4.78 is 41.6. The number of benzene rings is 2. The average Bonchev–Trinajstić information content (AvgIpc) is 2.43. The lowest BCUT2D eigenvalue weighted by Crippen LogP contribution is -2.23. The van der Waals surface area contributed by atoms with Crippen LogP contribution in [-0.2, 0) is 16.6 Å². The fourth-order valence-corrected chi connectivity index (χ4v) is 4.20. The van der Waals surface area contributed by atoms with Gasteiger partial charge < -0.3 is 0 Å². The first-order chi connectivity index (χ1) is 9.79. The molecule has 0 aliphatic rings. The van der Waals surface area contributed by atoms with Crippen molar-refractivity contribution in [3.05, 3.63) is 62.3 Å². The van der Waals surface area contributed by atoms with Crippen LogP contribution in [0.1, 0.15) is 11.1 Å². The molecule has 0 saturated carbocycles. The Kier molecular flexibility index (Phi) is 5.19. The highest BCUT2D eigenvalue weighted by molar-refractivity contribution is 9.11. The maximum atomic E-state index is 13.4. The van der Waals surface area contributed by atoms with Gasteiger partial charge in [-0.05, 0) is 58.2 Å². The van der Waals surface area contributed by atoms with Gasteiger partial charge in [-0.2, -0.15) is 0 Å². The van der Waals surface area contributed by atoms with Crippen LogP contribution in [0, 0.1) is 12.7 Å². The Labute approximate surface area is 139 Å². The number of hydrogen-bond donors (Lipinski definition) is 1. The molecule has 7 heteroatoms. The molecule has 2 aromatic carbocycles. The van der Waals surface area contributed by atoms with Gasteiger partial charge in [-0.1, -0.05) is 28.1 Å². The minimum Gasteiger partial charge on any atom is -0.207 e. The van der Waals surface area contributed by atoms with E-state index in [9.17, 15) is 12.8 Å². The highest BCUT2D eigenvalue weighted by atomic mass is 79.9. The molecule has 0 bridgehead atoms. The molecule has 1 N–H and O–H groups in total. The van der Waals surface area contributed by atoms with E-state index in [1.807, 2.05) is 0 Å². The minimum atomic E-state index is -3.68. The van der Waals surface area contributed by atoms with Gasteiger partial charge in [-0.3, -0.25) is 0 Å². The van der Waals surface area contributed by atoms with Gasteiger partial charge in [0.1, 0.15) is 5.82 Å². The Balaban J connectivity index is 2.21. The first-order valence-corrected chi connectivity index (χ1v) is 9.06. The molecule has 0 heterocycles. The largest absolute Gasteiger partial charge is 0.242 e. The Morgan fingerprint density at radius 3 is 2.52 bits per heavy atom. The SMILES string of the molecule is Cc1ccc(CNS(=O)(=O)c2cc(Br)ccc2Br)cc1F. The summed E-state index contributed by atoms with van der Waals surface area (Å²) in [5, 5.41) is 0. The molecule has 2 rings (SSSR count). The topological polar surface area (TPSA) is 46.2 Å². The molecule has 0 unspecified atom stereocenters. The van der Waals surface area contributed by atoms with Gasteiger partial charge in [-0.15, -0.1) is 0 Å². The van der Waals surface area contributed by atoms with Crippen molar-refractivity contribution in [1.29, 1.82) is 0 Å². The number of sulfonamides is 1.